The minimum Gasteiger partial charge on any atom is -0.375 e. The number of carbonyl (C=O) groups excluding carboxylic acids is 1. The van der Waals surface area contributed by atoms with E-state index in [9.17, 15) is 4.79 Å². The number of carbonyl (C=O) groups is 1. The molecule has 0 unspecified atom stereocenters. The van der Waals surface area contributed by atoms with Crippen molar-refractivity contribution in [2.45, 2.75) is 19.4 Å². The van der Waals surface area contributed by atoms with Gasteiger partial charge in [0.15, 0.2) is 0 Å². The van der Waals surface area contributed by atoms with Crippen molar-refractivity contribution in [3.63, 3.8) is 0 Å². The molecule has 1 fully saturated rings. The fourth-order valence-corrected chi connectivity index (χ4v) is 3.71. The summed E-state index contributed by atoms with van der Waals surface area (Å²) in [6.07, 6.45) is 1.00. The molecule has 1 aromatic heterocycles. The Bertz CT molecular complexity index is 936. The van der Waals surface area contributed by atoms with Crippen LogP contribution < -0.4 is 0 Å². The van der Waals surface area contributed by atoms with Crippen molar-refractivity contribution in [1.82, 2.24) is 9.88 Å². The molecule has 0 aliphatic carbocycles. The summed E-state index contributed by atoms with van der Waals surface area (Å²) in [5, 5.41) is 1.62. The minimum atomic E-state index is 0.0120. The van der Waals surface area contributed by atoms with Gasteiger partial charge in [-0.25, -0.2) is 0 Å². The molecule has 0 saturated carbocycles. The Hall–Kier alpha value is -2.30. The minimum absolute atomic E-state index is 0.0120. The van der Waals surface area contributed by atoms with E-state index in [-0.39, 0.29) is 12.0 Å². The molecule has 2 aromatic carbocycles. The molecule has 0 radical (unpaired) electrons. The Balaban J connectivity index is 1.83. The number of rotatable bonds is 3. The molecule has 1 aliphatic heterocycles. The normalized spacial score (nSPS) is 17.6. The van der Waals surface area contributed by atoms with Crippen LogP contribution in [-0.4, -0.2) is 41.6 Å². The van der Waals surface area contributed by atoms with Crippen LogP contribution in [0, 0.1) is 0 Å². The van der Waals surface area contributed by atoms with Crippen LogP contribution >= 0.6 is 11.6 Å². The van der Waals surface area contributed by atoms with Crippen molar-refractivity contribution in [2.75, 3.05) is 19.7 Å². The fourth-order valence-electron chi connectivity index (χ4n) is 3.54. The van der Waals surface area contributed by atoms with Crippen LogP contribution in [0.25, 0.3) is 22.0 Å². The quantitative estimate of drug-likeness (QED) is 0.725. The molecular weight excluding hydrogens is 348 g/mol. The van der Waals surface area contributed by atoms with Crippen LogP contribution in [0.1, 0.15) is 23.8 Å². The Morgan fingerprint density at radius 3 is 2.85 bits per heavy atom. The zero-order valence-electron chi connectivity index (χ0n) is 14.7. The van der Waals surface area contributed by atoms with Crippen molar-refractivity contribution < 1.29 is 9.53 Å². The third kappa shape index (κ3) is 3.11. The molecule has 5 heteroatoms. The molecule has 3 aromatic rings. The second kappa shape index (κ2) is 7.14. The van der Waals surface area contributed by atoms with Gasteiger partial charge >= 0.3 is 0 Å². The smallest absolute Gasteiger partial charge is 0.271 e. The molecule has 0 spiro atoms. The zero-order chi connectivity index (χ0) is 18.1. The molecule has 1 N–H and O–H groups in total. The number of halogens is 1. The van der Waals surface area contributed by atoms with Crippen LogP contribution in [0.3, 0.4) is 0 Å². The van der Waals surface area contributed by atoms with Crippen LogP contribution in [0.5, 0.6) is 0 Å². The van der Waals surface area contributed by atoms with Crippen LogP contribution in [0.2, 0.25) is 5.02 Å². The second-order valence-corrected chi connectivity index (χ2v) is 7.02. The lowest BCUT2D eigenvalue weighted by Crippen LogP contribution is -2.45. The van der Waals surface area contributed by atoms with Crippen LogP contribution in [0.4, 0.5) is 0 Å². The summed E-state index contributed by atoms with van der Waals surface area (Å²) < 4.78 is 5.71. The molecule has 2 heterocycles. The highest BCUT2D eigenvalue weighted by molar-refractivity contribution is 6.31. The highest BCUT2D eigenvalue weighted by Crippen LogP contribution is 2.34. The lowest BCUT2D eigenvalue weighted by molar-refractivity contribution is -0.0227. The topological polar surface area (TPSA) is 45.3 Å². The Labute approximate surface area is 157 Å². The Morgan fingerprint density at radius 2 is 2.08 bits per heavy atom. The standard InChI is InChI=1S/C21H21ClN2O2/c1-2-16-13-24(10-11-26-16)21(25)20-19(14-6-4-3-5-7-14)17-12-15(22)8-9-18(17)23-20/h3-9,12,16,23H,2,10-11,13H2,1H3/t16-/m1/s1. The third-order valence-electron chi connectivity index (χ3n) is 4.92. The van der Waals surface area contributed by atoms with E-state index >= 15 is 0 Å². The average Bonchev–Trinajstić information content (AvgIpc) is 3.06. The number of aromatic amines is 1. The maximum absolute atomic E-state index is 13.3. The van der Waals surface area contributed by atoms with Crippen molar-refractivity contribution in [3.05, 3.63) is 59.2 Å². The summed E-state index contributed by atoms with van der Waals surface area (Å²) in [5.41, 5.74) is 3.44. The van der Waals surface area contributed by atoms with E-state index in [2.05, 4.69) is 11.9 Å². The first-order valence-corrected chi connectivity index (χ1v) is 9.32. The van der Waals surface area contributed by atoms with Gasteiger partial charge in [-0.1, -0.05) is 48.9 Å². The molecule has 26 heavy (non-hydrogen) atoms. The van der Waals surface area contributed by atoms with Crippen LogP contribution in [-0.2, 0) is 4.74 Å². The van der Waals surface area contributed by atoms with Crippen LogP contribution in [0.15, 0.2) is 48.5 Å². The monoisotopic (exact) mass is 368 g/mol. The summed E-state index contributed by atoms with van der Waals surface area (Å²) in [5.74, 6) is 0.0120. The van der Waals surface area contributed by atoms with Crippen molar-refractivity contribution in [3.8, 4) is 11.1 Å². The van der Waals surface area contributed by atoms with E-state index in [0.717, 1.165) is 28.5 Å². The molecule has 134 valence electrons. The van der Waals surface area contributed by atoms with Gasteiger partial charge < -0.3 is 14.6 Å². The van der Waals surface area contributed by atoms with Crippen molar-refractivity contribution in [2.24, 2.45) is 0 Å². The maximum atomic E-state index is 13.3. The van der Waals surface area contributed by atoms with E-state index in [4.69, 9.17) is 16.3 Å². The first-order chi connectivity index (χ1) is 12.7. The van der Waals surface area contributed by atoms with Gasteiger partial charge in [0.1, 0.15) is 5.69 Å². The van der Waals surface area contributed by atoms with Gasteiger partial charge in [-0.2, -0.15) is 0 Å². The summed E-state index contributed by atoms with van der Waals surface area (Å²) in [6, 6.07) is 15.7. The lowest BCUT2D eigenvalue weighted by Gasteiger charge is -2.32. The number of nitrogens with zero attached hydrogens (tertiary/aromatic N) is 1. The number of aromatic nitrogens is 1. The summed E-state index contributed by atoms with van der Waals surface area (Å²) >= 11 is 6.23. The molecule has 1 amide bonds. The maximum Gasteiger partial charge on any atom is 0.271 e. The SMILES string of the molecule is CC[C@@H]1CN(C(=O)c2[nH]c3ccc(Cl)cc3c2-c2ccccc2)CCO1. The van der Waals surface area contributed by atoms with E-state index in [1.807, 2.05) is 53.4 Å². The third-order valence-corrected chi connectivity index (χ3v) is 5.15. The first kappa shape index (κ1) is 17.1. The summed E-state index contributed by atoms with van der Waals surface area (Å²) in [7, 11) is 0. The highest BCUT2D eigenvalue weighted by Gasteiger charge is 2.28. The number of H-pyrrole nitrogens is 1. The van der Waals surface area contributed by atoms with Gasteiger partial charge in [0.25, 0.3) is 5.91 Å². The Kier molecular flexibility index (Phi) is 4.70. The number of hydrogen-bond acceptors (Lipinski definition) is 2. The number of benzene rings is 2. The Morgan fingerprint density at radius 1 is 1.27 bits per heavy atom. The molecule has 0 bridgehead atoms. The van der Waals surface area contributed by atoms with Gasteiger partial charge in [0.2, 0.25) is 0 Å². The van der Waals surface area contributed by atoms with Gasteiger partial charge in [0.05, 0.1) is 12.7 Å². The molecule has 4 rings (SSSR count). The number of hydrogen-bond donors (Lipinski definition) is 1. The zero-order valence-corrected chi connectivity index (χ0v) is 15.4. The number of ether oxygens (including phenoxy) is 1. The molecule has 1 atom stereocenters. The predicted octanol–water partition coefficient (Wildman–Crippen LogP) is 4.74. The van der Waals surface area contributed by atoms with E-state index in [0.29, 0.717) is 30.4 Å². The molecule has 1 aliphatic rings. The predicted molar refractivity (Wildman–Crippen MR) is 105 cm³/mol. The summed E-state index contributed by atoms with van der Waals surface area (Å²) in [4.78, 5) is 18.5. The van der Waals surface area contributed by atoms with E-state index in [1.165, 1.54) is 0 Å². The number of amides is 1. The first-order valence-electron chi connectivity index (χ1n) is 8.95. The largest absolute Gasteiger partial charge is 0.375 e. The molecular formula is C21H21ClN2O2. The number of nitrogens with one attached hydrogen (secondary N) is 1. The molecule has 4 nitrogen and oxygen atoms in total. The van der Waals surface area contributed by atoms with Crippen molar-refractivity contribution >= 4 is 28.4 Å². The van der Waals surface area contributed by atoms with E-state index in [1.54, 1.807) is 0 Å². The summed E-state index contributed by atoms with van der Waals surface area (Å²) in [6.45, 7) is 3.90. The number of fused-ring (bicyclic) bond motifs is 1. The second-order valence-electron chi connectivity index (χ2n) is 6.58. The molecule has 1 saturated heterocycles. The van der Waals surface area contributed by atoms with Crippen molar-refractivity contribution in [1.29, 1.82) is 0 Å². The van der Waals surface area contributed by atoms with Gasteiger partial charge in [-0.3, -0.25) is 4.79 Å². The fraction of sp³-hybridized carbons (Fsp3) is 0.286. The highest BCUT2D eigenvalue weighted by atomic mass is 35.5. The lowest BCUT2D eigenvalue weighted by atomic mass is 10.0. The number of morpholine rings is 1. The van der Waals surface area contributed by atoms with E-state index < -0.39 is 0 Å². The average molecular weight is 369 g/mol. The van der Waals surface area contributed by atoms with Gasteiger partial charge in [0, 0.05) is 34.6 Å². The van der Waals surface area contributed by atoms with Gasteiger partial charge in [-0.15, -0.1) is 0 Å². The van der Waals surface area contributed by atoms with Gasteiger partial charge in [-0.05, 0) is 30.2 Å².